The number of nitro groups is 1. The van der Waals surface area contributed by atoms with Gasteiger partial charge in [0.25, 0.3) is 11.6 Å². The summed E-state index contributed by atoms with van der Waals surface area (Å²) >= 11 is 0. The van der Waals surface area contributed by atoms with Crippen LogP contribution >= 0.6 is 0 Å². The summed E-state index contributed by atoms with van der Waals surface area (Å²) in [5.41, 5.74) is 2.66. The Hall–Kier alpha value is -1.95. The lowest BCUT2D eigenvalue weighted by Crippen LogP contribution is -2.33. The number of amides is 1. The molecule has 1 aromatic rings. The van der Waals surface area contributed by atoms with Gasteiger partial charge in [0.15, 0.2) is 0 Å². The predicted octanol–water partition coefficient (Wildman–Crippen LogP) is 2.36. The van der Waals surface area contributed by atoms with Gasteiger partial charge in [-0.2, -0.15) is 0 Å². The van der Waals surface area contributed by atoms with Gasteiger partial charge in [-0.15, -0.1) is 0 Å². The molecule has 0 spiro atoms. The molecule has 0 saturated carbocycles. The van der Waals surface area contributed by atoms with E-state index in [1.807, 2.05) is 0 Å². The van der Waals surface area contributed by atoms with Crippen molar-refractivity contribution in [2.24, 2.45) is 0 Å². The van der Waals surface area contributed by atoms with Gasteiger partial charge in [0.1, 0.15) is 0 Å². The molecule has 0 aliphatic rings. The van der Waals surface area contributed by atoms with Crippen molar-refractivity contribution < 1.29 is 14.6 Å². The van der Waals surface area contributed by atoms with E-state index in [0.29, 0.717) is 11.1 Å². The Bertz CT molecular complexity index is 477. The molecule has 6 heteroatoms. The van der Waals surface area contributed by atoms with E-state index in [2.05, 4.69) is 5.48 Å². The normalized spacial score (nSPS) is 11.1. The standard InChI is InChI=1S/C12H16N2O4/c1-8-7-9(14(16)17)5-6-10(8)11(15)13-18-12(2,3)4/h5-7H,1-4H3,(H,13,15). The Labute approximate surface area is 105 Å². The number of aryl methyl sites for hydroxylation is 1. The number of nitro benzene ring substituents is 1. The van der Waals surface area contributed by atoms with E-state index in [0.717, 1.165) is 0 Å². The first kappa shape index (κ1) is 14.1. The van der Waals surface area contributed by atoms with Crippen LogP contribution < -0.4 is 5.48 Å². The summed E-state index contributed by atoms with van der Waals surface area (Å²) in [5, 5.41) is 10.6. The Morgan fingerprint density at radius 2 is 2.00 bits per heavy atom. The van der Waals surface area contributed by atoms with Crippen molar-refractivity contribution in [2.75, 3.05) is 0 Å². The minimum absolute atomic E-state index is 0.0409. The number of carbonyl (C=O) groups excluding carboxylic acids is 1. The highest BCUT2D eigenvalue weighted by atomic mass is 16.7. The zero-order chi connectivity index (χ0) is 13.9. The predicted molar refractivity (Wildman–Crippen MR) is 66.1 cm³/mol. The number of hydroxylamine groups is 1. The fourth-order valence-electron chi connectivity index (χ4n) is 1.27. The van der Waals surface area contributed by atoms with E-state index in [1.165, 1.54) is 18.2 Å². The molecule has 0 radical (unpaired) electrons. The molecule has 98 valence electrons. The highest BCUT2D eigenvalue weighted by Crippen LogP contribution is 2.17. The third-order valence-corrected chi connectivity index (χ3v) is 2.12. The van der Waals surface area contributed by atoms with Crippen LogP contribution in [0.1, 0.15) is 36.7 Å². The van der Waals surface area contributed by atoms with E-state index >= 15 is 0 Å². The second kappa shape index (κ2) is 5.14. The van der Waals surface area contributed by atoms with Gasteiger partial charge in [0, 0.05) is 17.7 Å². The maximum absolute atomic E-state index is 11.8. The summed E-state index contributed by atoms with van der Waals surface area (Å²) in [6, 6.07) is 4.06. The van der Waals surface area contributed by atoms with Crippen LogP contribution in [0.3, 0.4) is 0 Å². The minimum Gasteiger partial charge on any atom is -0.268 e. The minimum atomic E-state index is -0.500. The van der Waals surface area contributed by atoms with Gasteiger partial charge in [-0.1, -0.05) is 0 Å². The van der Waals surface area contributed by atoms with Gasteiger partial charge in [0.05, 0.1) is 10.5 Å². The van der Waals surface area contributed by atoms with Crippen LogP contribution in [0.15, 0.2) is 18.2 Å². The summed E-state index contributed by atoms with van der Waals surface area (Å²) in [6.07, 6.45) is 0. The number of rotatable bonds is 3. The molecular formula is C12H16N2O4. The smallest absolute Gasteiger partial charge is 0.268 e. The van der Waals surface area contributed by atoms with Crippen molar-refractivity contribution in [3.8, 4) is 0 Å². The maximum Gasteiger partial charge on any atom is 0.275 e. The average Bonchev–Trinajstić information content (AvgIpc) is 2.24. The highest BCUT2D eigenvalue weighted by Gasteiger charge is 2.16. The Kier molecular flexibility index (Phi) is 4.03. The van der Waals surface area contributed by atoms with Gasteiger partial charge in [0.2, 0.25) is 0 Å². The summed E-state index contributed by atoms with van der Waals surface area (Å²) in [4.78, 5) is 27.0. The van der Waals surface area contributed by atoms with Crippen molar-refractivity contribution >= 4 is 11.6 Å². The number of carbonyl (C=O) groups is 1. The van der Waals surface area contributed by atoms with Gasteiger partial charge in [-0.05, 0) is 39.3 Å². The van der Waals surface area contributed by atoms with Crippen LogP contribution in [0, 0.1) is 17.0 Å². The topological polar surface area (TPSA) is 81.5 Å². The molecule has 0 saturated heterocycles. The summed E-state index contributed by atoms with van der Waals surface area (Å²) in [6.45, 7) is 7.04. The van der Waals surface area contributed by atoms with Gasteiger partial charge in [-0.25, -0.2) is 5.48 Å². The van der Waals surface area contributed by atoms with Crippen molar-refractivity contribution in [2.45, 2.75) is 33.3 Å². The first-order valence-electron chi connectivity index (χ1n) is 5.44. The van der Waals surface area contributed by atoms with Crippen molar-refractivity contribution in [3.05, 3.63) is 39.4 Å². The van der Waals surface area contributed by atoms with Crippen molar-refractivity contribution in [3.63, 3.8) is 0 Å². The number of nitrogens with zero attached hydrogens (tertiary/aromatic N) is 1. The number of hydrogen-bond acceptors (Lipinski definition) is 4. The molecular weight excluding hydrogens is 236 g/mol. The third-order valence-electron chi connectivity index (χ3n) is 2.12. The van der Waals surface area contributed by atoms with Crippen LogP contribution in [-0.2, 0) is 4.84 Å². The maximum atomic E-state index is 11.8. The second-order valence-electron chi connectivity index (χ2n) is 4.90. The number of nitrogens with one attached hydrogen (secondary N) is 1. The molecule has 0 fully saturated rings. The molecule has 0 unspecified atom stereocenters. The largest absolute Gasteiger partial charge is 0.275 e. The first-order chi connectivity index (χ1) is 8.20. The average molecular weight is 252 g/mol. The summed E-state index contributed by atoms with van der Waals surface area (Å²) in [7, 11) is 0. The number of benzene rings is 1. The van der Waals surface area contributed by atoms with Crippen LogP contribution in [0.25, 0.3) is 0 Å². The monoisotopic (exact) mass is 252 g/mol. The number of hydrogen-bond donors (Lipinski definition) is 1. The van der Waals surface area contributed by atoms with Crippen LogP contribution in [0.2, 0.25) is 0 Å². The Morgan fingerprint density at radius 1 is 1.39 bits per heavy atom. The molecule has 1 aromatic carbocycles. The van der Waals surface area contributed by atoms with E-state index in [-0.39, 0.29) is 5.69 Å². The van der Waals surface area contributed by atoms with Crippen LogP contribution in [0.5, 0.6) is 0 Å². The SMILES string of the molecule is Cc1cc([N+](=O)[O-])ccc1C(=O)NOC(C)(C)C. The lowest BCUT2D eigenvalue weighted by molar-refractivity contribution is -0.384. The molecule has 0 aliphatic heterocycles. The highest BCUT2D eigenvalue weighted by molar-refractivity contribution is 5.95. The third kappa shape index (κ3) is 3.81. The summed E-state index contributed by atoms with van der Waals surface area (Å²) in [5.74, 6) is -0.419. The molecule has 0 aromatic heterocycles. The lowest BCUT2D eigenvalue weighted by Gasteiger charge is -2.19. The Balaban J connectivity index is 2.84. The molecule has 18 heavy (non-hydrogen) atoms. The second-order valence-corrected chi connectivity index (χ2v) is 4.90. The fraction of sp³-hybridized carbons (Fsp3) is 0.417. The van der Waals surface area contributed by atoms with E-state index in [1.54, 1.807) is 27.7 Å². The van der Waals surface area contributed by atoms with Crippen LogP contribution in [-0.4, -0.2) is 16.4 Å². The van der Waals surface area contributed by atoms with Crippen LogP contribution in [0.4, 0.5) is 5.69 Å². The van der Waals surface area contributed by atoms with E-state index in [9.17, 15) is 14.9 Å². The van der Waals surface area contributed by atoms with Gasteiger partial charge in [-0.3, -0.25) is 19.7 Å². The number of non-ortho nitro benzene ring substituents is 1. The molecule has 0 heterocycles. The molecule has 0 bridgehead atoms. The van der Waals surface area contributed by atoms with E-state index in [4.69, 9.17) is 4.84 Å². The fourth-order valence-corrected chi connectivity index (χ4v) is 1.27. The molecule has 6 nitrogen and oxygen atoms in total. The summed E-state index contributed by atoms with van der Waals surface area (Å²) < 4.78 is 0. The zero-order valence-corrected chi connectivity index (χ0v) is 10.8. The van der Waals surface area contributed by atoms with Crippen molar-refractivity contribution in [1.29, 1.82) is 0 Å². The Morgan fingerprint density at radius 3 is 2.44 bits per heavy atom. The first-order valence-corrected chi connectivity index (χ1v) is 5.44. The molecule has 1 rings (SSSR count). The molecule has 1 amide bonds. The van der Waals surface area contributed by atoms with Gasteiger partial charge < -0.3 is 0 Å². The van der Waals surface area contributed by atoms with Crippen molar-refractivity contribution in [1.82, 2.24) is 5.48 Å². The molecule has 1 N–H and O–H groups in total. The molecule has 0 atom stereocenters. The molecule has 0 aliphatic carbocycles. The zero-order valence-electron chi connectivity index (χ0n) is 10.8. The lowest BCUT2D eigenvalue weighted by atomic mass is 10.1. The van der Waals surface area contributed by atoms with Gasteiger partial charge >= 0.3 is 0 Å². The van der Waals surface area contributed by atoms with E-state index < -0.39 is 16.4 Å². The quantitative estimate of drug-likeness (QED) is 0.661.